The lowest BCUT2D eigenvalue weighted by molar-refractivity contribution is -0.138. The van der Waals surface area contributed by atoms with Gasteiger partial charge in [0.1, 0.15) is 18.1 Å². The number of ether oxygens (including phenoxy) is 2. The van der Waals surface area contributed by atoms with Crippen LogP contribution in [0.15, 0.2) is 24.3 Å². The van der Waals surface area contributed by atoms with Crippen molar-refractivity contribution in [3.8, 4) is 11.5 Å². The summed E-state index contributed by atoms with van der Waals surface area (Å²) in [5, 5.41) is 2.50. The Bertz CT molecular complexity index is 476. The number of hydrogen-bond acceptors (Lipinski definition) is 5. The summed E-state index contributed by atoms with van der Waals surface area (Å²) in [7, 11) is 1.57. The van der Waals surface area contributed by atoms with Crippen molar-refractivity contribution in [3.05, 3.63) is 24.3 Å². The molecule has 1 rings (SSSR count). The fourth-order valence-electron chi connectivity index (χ4n) is 1.72. The minimum Gasteiger partial charge on any atom is -0.497 e. The molecule has 1 aromatic rings. The lowest BCUT2D eigenvalue weighted by Crippen LogP contribution is -2.43. The molecule has 21 heavy (non-hydrogen) atoms. The average Bonchev–Trinajstić information content (AvgIpc) is 2.51. The number of hydrogen-bond donors (Lipinski definition) is 2. The summed E-state index contributed by atoms with van der Waals surface area (Å²) in [5.74, 6) is 0.0817. The quantitative estimate of drug-likeness (QED) is 0.521. The van der Waals surface area contributed by atoms with Gasteiger partial charge in [0.25, 0.3) is 5.91 Å². The Morgan fingerprint density at radius 1 is 1.33 bits per heavy atom. The Morgan fingerprint density at radius 3 is 2.71 bits per heavy atom. The smallest absolute Gasteiger partial charge is 0.289 e. The number of benzene rings is 1. The van der Waals surface area contributed by atoms with Crippen molar-refractivity contribution < 1.29 is 19.1 Å². The first-order chi connectivity index (χ1) is 10.1. The van der Waals surface area contributed by atoms with E-state index < -0.39 is 17.7 Å². The molecule has 1 atom stereocenters. The first kappa shape index (κ1) is 17.0. The van der Waals surface area contributed by atoms with E-state index in [2.05, 4.69) is 5.32 Å². The van der Waals surface area contributed by atoms with Gasteiger partial charge >= 0.3 is 0 Å². The minimum absolute atomic E-state index is 0.237. The number of Topliss-reactive ketones (excluding diaryl/α,β-unsaturated/α-hetero) is 1. The van der Waals surface area contributed by atoms with Gasteiger partial charge in [-0.3, -0.25) is 9.59 Å². The van der Waals surface area contributed by atoms with E-state index in [0.717, 1.165) is 6.42 Å². The lowest BCUT2D eigenvalue weighted by Gasteiger charge is -2.10. The third-order valence-electron chi connectivity index (χ3n) is 2.86. The number of ketones is 1. The maximum atomic E-state index is 11.6. The zero-order valence-electron chi connectivity index (χ0n) is 12.4. The van der Waals surface area contributed by atoms with Crippen LogP contribution in [0.2, 0.25) is 0 Å². The summed E-state index contributed by atoms with van der Waals surface area (Å²) < 4.78 is 10.5. The number of carbonyl (C=O) groups excluding carboxylic acids is 2. The van der Waals surface area contributed by atoms with Crippen molar-refractivity contribution >= 4 is 11.7 Å². The van der Waals surface area contributed by atoms with Gasteiger partial charge in [-0.15, -0.1) is 0 Å². The van der Waals surface area contributed by atoms with Crippen molar-refractivity contribution in [2.24, 2.45) is 5.73 Å². The lowest BCUT2D eigenvalue weighted by atomic mass is 10.1. The average molecular weight is 294 g/mol. The summed E-state index contributed by atoms with van der Waals surface area (Å²) in [6, 6.07) is 6.41. The van der Waals surface area contributed by atoms with E-state index in [1.165, 1.54) is 0 Å². The number of nitrogens with two attached hydrogens (primary N) is 1. The van der Waals surface area contributed by atoms with Crippen LogP contribution in [0.3, 0.4) is 0 Å². The molecule has 116 valence electrons. The van der Waals surface area contributed by atoms with Crippen LogP contribution in [0.25, 0.3) is 0 Å². The van der Waals surface area contributed by atoms with Gasteiger partial charge in [0.05, 0.1) is 19.7 Å². The summed E-state index contributed by atoms with van der Waals surface area (Å²) in [4.78, 5) is 23.1. The molecule has 0 aliphatic rings. The van der Waals surface area contributed by atoms with Crippen molar-refractivity contribution in [2.45, 2.75) is 25.8 Å². The van der Waals surface area contributed by atoms with E-state index >= 15 is 0 Å². The molecule has 1 aromatic carbocycles. The Labute approximate surface area is 124 Å². The molecule has 0 saturated carbocycles. The fraction of sp³-hybridized carbons (Fsp3) is 0.467. The predicted molar refractivity (Wildman–Crippen MR) is 79.4 cm³/mol. The number of rotatable bonds is 9. The molecular weight excluding hydrogens is 272 g/mol. The van der Waals surface area contributed by atoms with Crippen molar-refractivity contribution in [1.82, 2.24) is 5.32 Å². The maximum Gasteiger partial charge on any atom is 0.289 e. The molecular formula is C15H22N2O4. The zero-order chi connectivity index (χ0) is 15.7. The fourth-order valence-corrected chi connectivity index (χ4v) is 1.72. The molecule has 0 aliphatic heterocycles. The Kier molecular flexibility index (Phi) is 7.25. The topological polar surface area (TPSA) is 90.7 Å². The Morgan fingerprint density at radius 2 is 2.05 bits per heavy atom. The highest BCUT2D eigenvalue weighted by Gasteiger charge is 2.20. The van der Waals surface area contributed by atoms with Crippen molar-refractivity contribution in [2.75, 3.05) is 20.3 Å². The summed E-state index contributed by atoms with van der Waals surface area (Å²) in [6.07, 6.45) is 1.27. The van der Waals surface area contributed by atoms with E-state index in [4.69, 9.17) is 15.2 Å². The molecule has 0 aliphatic carbocycles. The highest BCUT2D eigenvalue weighted by molar-refractivity contribution is 6.38. The molecule has 0 saturated heterocycles. The van der Waals surface area contributed by atoms with Gasteiger partial charge in [-0.1, -0.05) is 19.4 Å². The molecule has 0 heterocycles. The summed E-state index contributed by atoms with van der Waals surface area (Å²) >= 11 is 0. The van der Waals surface area contributed by atoms with Crippen molar-refractivity contribution in [3.63, 3.8) is 0 Å². The molecule has 1 amide bonds. The molecule has 0 spiro atoms. The van der Waals surface area contributed by atoms with Crippen LogP contribution in [0.4, 0.5) is 0 Å². The van der Waals surface area contributed by atoms with Gasteiger partial charge in [0, 0.05) is 6.07 Å². The molecule has 6 nitrogen and oxygen atoms in total. The van der Waals surface area contributed by atoms with Gasteiger partial charge in [-0.25, -0.2) is 0 Å². The number of amides is 1. The standard InChI is InChI=1S/C15H22N2O4/c1-3-5-13(16)14(18)15(19)17-8-9-21-12-7-4-6-11(10-12)20-2/h4,6-7,10,13H,3,5,8-9,16H2,1-2H3,(H,17,19). The summed E-state index contributed by atoms with van der Waals surface area (Å²) in [5.41, 5.74) is 5.60. The zero-order valence-corrected chi connectivity index (χ0v) is 12.4. The first-order valence-electron chi connectivity index (χ1n) is 6.93. The highest BCUT2D eigenvalue weighted by atomic mass is 16.5. The van der Waals surface area contributed by atoms with Crippen LogP contribution >= 0.6 is 0 Å². The normalized spacial score (nSPS) is 11.6. The molecule has 3 N–H and O–H groups in total. The molecule has 0 fully saturated rings. The van der Waals surface area contributed by atoms with E-state index in [1.54, 1.807) is 25.3 Å². The third-order valence-corrected chi connectivity index (χ3v) is 2.86. The van der Waals surface area contributed by atoms with Crippen LogP contribution in [-0.2, 0) is 9.59 Å². The van der Waals surface area contributed by atoms with Gasteiger partial charge in [0.2, 0.25) is 5.78 Å². The first-order valence-corrected chi connectivity index (χ1v) is 6.93. The van der Waals surface area contributed by atoms with Crippen LogP contribution < -0.4 is 20.5 Å². The number of methoxy groups -OCH3 is 1. The van der Waals surface area contributed by atoms with E-state index in [-0.39, 0.29) is 13.2 Å². The third kappa shape index (κ3) is 5.83. The van der Waals surface area contributed by atoms with Crippen LogP contribution in [0.5, 0.6) is 11.5 Å². The Hall–Kier alpha value is -2.08. The molecule has 6 heteroatoms. The maximum absolute atomic E-state index is 11.6. The van der Waals surface area contributed by atoms with E-state index in [1.807, 2.05) is 13.0 Å². The van der Waals surface area contributed by atoms with Crippen LogP contribution in [0, 0.1) is 0 Å². The molecule has 0 bridgehead atoms. The summed E-state index contributed by atoms with van der Waals surface area (Å²) in [6.45, 7) is 2.41. The molecule has 0 radical (unpaired) electrons. The van der Waals surface area contributed by atoms with Gasteiger partial charge in [-0.2, -0.15) is 0 Å². The van der Waals surface area contributed by atoms with Crippen molar-refractivity contribution in [1.29, 1.82) is 0 Å². The molecule has 0 aromatic heterocycles. The second kappa shape index (κ2) is 8.97. The van der Waals surface area contributed by atoms with Gasteiger partial charge in [-0.05, 0) is 18.6 Å². The second-order valence-electron chi connectivity index (χ2n) is 4.54. The largest absolute Gasteiger partial charge is 0.497 e. The van der Waals surface area contributed by atoms with Crippen LogP contribution in [0.1, 0.15) is 19.8 Å². The highest BCUT2D eigenvalue weighted by Crippen LogP contribution is 2.18. The van der Waals surface area contributed by atoms with Gasteiger partial charge < -0.3 is 20.5 Å². The van der Waals surface area contributed by atoms with E-state index in [0.29, 0.717) is 17.9 Å². The van der Waals surface area contributed by atoms with Gasteiger partial charge in [0.15, 0.2) is 0 Å². The number of carbonyl (C=O) groups is 2. The van der Waals surface area contributed by atoms with Crippen LogP contribution in [-0.4, -0.2) is 38.0 Å². The second-order valence-corrected chi connectivity index (χ2v) is 4.54. The SMILES string of the molecule is CCCC(N)C(=O)C(=O)NCCOc1cccc(OC)c1. The number of nitrogens with one attached hydrogen (secondary N) is 1. The Balaban J connectivity index is 2.30. The molecule has 1 unspecified atom stereocenters. The minimum atomic E-state index is -0.727. The predicted octanol–water partition coefficient (Wildman–Crippen LogP) is 0.887. The van der Waals surface area contributed by atoms with E-state index in [9.17, 15) is 9.59 Å². The monoisotopic (exact) mass is 294 g/mol.